The van der Waals surface area contributed by atoms with E-state index in [2.05, 4.69) is 4.74 Å². The molecule has 1 unspecified atom stereocenters. The van der Waals surface area contributed by atoms with Crippen LogP contribution in [0.5, 0.6) is 0 Å². The number of alkyl halides is 3. The second-order valence-corrected chi connectivity index (χ2v) is 5.20. The highest BCUT2D eigenvalue weighted by atomic mass is 32.2. The Balaban J connectivity index is 3.39. The van der Waals surface area contributed by atoms with Gasteiger partial charge in [-0.1, -0.05) is 6.07 Å². The quantitative estimate of drug-likeness (QED) is 0.657. The van der Waals surface area contributed by atoms with E-state index in [-0.39, 0.29) is 17.7 Å². The summed E-state index contributed by atoms with van der Waals surface area (Å²) in [5.41, 5.74) is -1.40. The van der Waals surface area contributed by atoms with E-state index in [0.29, 0.717) is 12.1 Å². The van der Waals surface area contributed by atoms with Crippen LogP contribution in [-0.2, 0) is 32.2 Å². The van der Waals surface area contributed by atoms with Gasteiger partial charge in [-0.05, 0) is 30.2 Å². The number of rotatable bonds is 5. The Labute approximate surface area is 126 Å². The zero-order chi connectivity index (χ0) is 16.9. The summed E-state index contributed by atoms with van der Waals surface area (Å²) in [5, 5.41) is 9.04. The first-order chi connectivity index (χ1) is 10.2. The molecule has 22 heavy (non-hydrogen) atoms. The summed E-state index contributed by atoms with van der Waals surface area (Å²) in [6.07, 6.45) is -4.66. The summed E-state index contributed by atoms with van der Waals surface area (Å²) >= 11 is 0. The first-order valence-corrected chi connectivity index (χ1v) is 7.45. The van der Waals surface area contributed by atoms with Gasteiger partial charge in [-0.2, -0.15) is 18.4 Å². The zero-order valence-electron chi connectivity index (χ0n) is 11.4. The van der Waals surface area contributed by atoms with Gasteiger partial charge in [-0.3, -0.25) is 4.79 Å². The first-order valence-electron chi connectivity index (χ1n) is 6.08. The molecule has 0 amide bonds. The normalized spacial score (nSPS) is 12.7. The van der Waals surface area contributed by atoms with Crippen LogP contribution in [0.25, 0.3) is 0 Å². The molecule has 1 atom stereocenters. The molecule has 0 spiro atoms. The number of hydrogen-bond donors (Lipinski definition) is 1. The Bertz CT molecular complexity index is 669. The van der Waals surface area contributed by atoms with E-state index in [9.17, 15) is 26.4 Å². The molecule has 0 bridgehead atoms. The second-order valence-electron chi connectivity index (χ2n) is 4.22. The third-order valence-corrected chi connectivity index (χ3v) is 3.33. The Morgan fingerprint density at radius 2 is 2.05 bits per heavy atom. The molecule has 5 nitrogen and oxygen atoms in total. The number of nitrogens with zero attached hydrogens (tertiary/aromatic N) is 1. The van der Waals surface area contributed by atoms with Crippen LogP contribution in [0.1, 0.15) is 29.5 Å². The van der Waals surface area contributed by atoms with Crippen molar-refractivity contribution < 1.29 is 31.1 Å². The van der Waals surface area contributed by atoms with Gasteiger partial charge in [0.1, 0.15) is 10.7 Å². The van der Waals surface area contributed by atoms with Crippen LogP contribution in [0.3, 0.4) is 0 Å². The minimum absolute atomic E-state index is 0.0111. The van der Waals surface area contributed by atoms with Crippen molar-refractivity contribution in [1.82, 2.24) is 0 Å². The molecule has 0 N–H and O–H groups in total. The first kappa shape index (κ1) is 18.0. The fourth-order valence-corrected chi connectivity index (χ4v) is 2.37. The van der Waals surface area contributed by atoms with Crippen LogP contribution in [0.4, 0.5) is 13.2 Å². The van der Waals surface area contributed by atoms with Gasteiger partial charge in [0.05, 0.1) is 24.0 Å². The monoisotopic (exact) mass is 335 g/mol. The van der Waals surface area contributed by atoms with E-state index in [1.54, 1.807) is 6.07 Å². The van der Waals surface area contributed by atoms with Crippen molar-refractivity contribution in [3.63, 3.8) is 0 Å². The predicted molar refractivity (Wildman–Crippen MR) is 70.4 cm³/mol. The number of ether oxygens (including phenoxy) is 1. The molecule has 1 rings (SSSR count). The molecule has 0 aliphatic heterocycles. The smallest absolute Gasteiger partial charge is 0.416 e. The lowest BCUT2D eigenvalue weighted by atomic mass is 9.94. The number of carbonyl (C=O) groups excluding carboxylic acids is 1. The minimum atomic E-state index is -4.66. The van der Waals surface area contributed by atoms with Gasteiger partial charge >= 0.3 is 12.1 Å². The average Bonchev–Trinajstić information content (AvgIpc) is 2.39. The summed E-state index contributed by atoms with van der Waals surface area (Å²) < 4.78 is 64.4. The van der Waals surface area contributed by atoms with Gasteiger partial charge in [-0.25, -0.2) is 8.42 Å². The van der Waals surface area contributed by atoms with Gasteiger partial charge in [0.25, 0.3) is 0 Å². The highest BCUT2D eigenvalue weighted by Gasteiger charge is 2.32. The molecule has 0 aromatic heterocycles. The molecule has 0 aliphatic carbocycles. The third-order valence-electron chi connectivity index (χ3n) is 2.73. The minimum Gasteiger partial charge on any atom is -0.465 e. The van der Waals surface area contributed by atoms with Crippen LogP contribution in [0.15, 0.2) is 18.2 Å². The summed E-state index contributed by atoms with van der Waals surface area (Å²) in [7, 11) is -3.03. The summed E-state index contributed by atoms with van der Waals surface area (Å²) in [6, 6.07) is 3.88. The number of halogens is 3. The lowest BCUT2D eigenvalue weighted by Crippen LogP contribution is -2.17. The van der Waals surface area contributed by atoms with Crippen molar-refractivity contribution in [3.8, 4) is 6.07 Å². The number of thiol groups is 1. The predicted octanol–water partition coefficient (Wildman–Crippen LogP) is 1.99. The van der Waals surface area contributed by atoms with E-state index >= 15 is 0 Å². The SMILES string of the molecule is CCOC(=O)C(C#N)c1ccc(C(F)(F)F)cc1C[SH](=O)=O. The lowest BCUT2D eigenvalue weighted by Gasteiger charge is -2.15. The van der Waals surface area contributed by atoms with E-state index in [4.69, 9.17) is 5.26 Å². The van der Waals surface area contributed by atoms with E-state index in [1.165, 1.54) is 6.92 Å². The summed E-state index contributed by atoms with van der Waals surface area (Å²) in [5.74, 6) is -3.12. The van der Waals surface area contributed by atoms with Crippen LogP contribution in [-0.4, -0.2) is 21.0 Å². The third kappa shape index (κ3) is 4.46. The van der Waals surface area contributed by atoms with Crippen LogP contribution in [0, 0.1) is 11.3 Å². The van der Waals surface area contributed by atoms with Crippen LogP contribution in [0.2, 0.25) is 0 Å². The molecule has 1 aromatic carbocycles. The van der Waals surface area contributed by atoms with Gasteiger partial charge in [0.2, 0.25) is 0 Å². The topological polar surface area (TPSA) is 84.2 Å². The molecule has 0 saturated heterocycles. The van der Waals surface area contributed by atoms with E-state index in [1.807, 2.05) is 0 Å². The average molecular weight is 335 g/mol. The van der Waals surface area contributed by atoms with Crippen molar-refractivity contribution in [2.24, 2.45) is 0 Å². The lowest BCUT2D eigenvalue weighted by molar-refractivity contribution is -0.143. The van der Waals surface area contributed by atoms with Crippen molar-refractivity contribution in [1.29, 1.82) is 5.26 Å². The van der Waals surface area contributed by atoms with E-state index in [0.717, 1.165) is 6.07 Å². The molecule has 0 radical (unpaired) electrons. The standard InChI is InChI=1S/C13H12F3NO4S/c1-2-21-12(18)11(6-17)10-4-3-9(13(14,15)16)5-8(10)7-22(19)20/h3-5,11,22H,2,7H2,1H3. The molecule has 1 aromatic rings. The van der Waals surface area contributed by atoms with Gasteiger partial charge in [-0.15, -0.1) is 0 Å². The molecule has 0 aliphatic rings. The van der Waals surface area contributed by atoms with Crippen LogP contribution < -0.4 is 0 Å². The van der Waals surface area contributed by atoms with E-state index < -0.39 is 40.1 Å². The molecule has 0 saturated carbocycles. The molecule has 0 heterocycles. The Kier molecular flexibility index (Phi) is 5.93. The number of benzene rings is 1. The number of nitriles is 1. The van der Waals surface area contributed by atoms with Crippen molar-refractivity contribution >= 4 is 16.7 Å². The Hall–Kier alpha value is -2.08. The van der Waals surface area contributed by atoms with Gasteiger partial charge in [0, 0.05) is 0 Å². The molecular formula is C13H12F3NO4S. The molecule has 0 fully saturated rings. The molecule has 9 heteroatoms. The molecule has 120 valence electrons. The largest absolute Gasteiger partial charge is 0.465 e. The van der Waals surface area contributed by atoms with Crippen molar-refractivity contribution in [2.75, 3.05) is 6.61 Å². The van der Waals surface area contributed by atoms with Crippen LogP contribution >= 0.6 is 0 Å². The maximum Gasteiger partial charge on any atom is 0.416 e. The molecular weight excluding hydrogens is 323 g/mol. The summed E-state index contributed by atoms with van der Waals surface area (Å²) in [6.45, 7) is 1.50. The van der Waals surface area contributed by atoms with Gasteiger partial charge < -0.3 is 4.74 Å². The maximum absolute atomic E-state index is 12.7. The Morgan fingerprint density at radius 1 is 1.41 bits per heavy atom. The highest BCUT2D eigenvalue weighted by molar-refractivity contribution is 7.71. The van der Waals surface area contributed by atoms with Crippen molar-refractivity contribution in [3.05, 3.63) is 34.9 Å². The zero-order valence-corrected chi connectivity index (χ0v) is 12.3. The summed E-state index contributed by atoms with van der Waals surface area (Å²) in [4.78, 5) is 11.7. The highest BCUT2D eigenvalue weighted by Crippen LogP contribution is 2.32. The maximum atomic E-state index is 12.7. The second kappa shape index (κ2) is 7.26. The van der Waals surface area contributed by atoms with Gasteiger partial charge in [0.15, 0.2) is 5.92 Å². The number of esters is 1. The van der Waals surface area contributed by atoms with Crippen molar-refractivity contribution in [2.45, 2.75) is 24.8 Å². The number of hydrogen-bond acceptors (Lipinski definition) is 5. The fourth-order valence-electron chi connectivity index (χ4n) is 1.81. The Morgan fingerprint density at radius 3 is 2.50 bits per heavy atom. The fraction of sp³-hybridized carbons (Fsp3) is 0.385. The number of carbonyl (C=O) groups is 1.